The molecule has 0 atom stereocenters. The maximum absolute atomic E-state index is 11.0. The van der Waals surface area contributed by atoms with E-state index < -0.39 is 0 Å². The number of aliphatic hydroxyl groups excluding tert-OH is 1. The van der Waals surface area contributed by atoms with Crippen molar-refractivity contribution < 1.29 is 9.90 Å². The Balaban J connectivity index is 4.00. The molecule has 0 saturated heterocycles. The normalized spacial score (nSPS) is 12.6. The number of allylic oxidation sites excluding steroid dienone is 2. The molecule has 12 heavy (non-hydrogen) atoms. The van der Waals surface area contributed by atoms with Crippen molar-refractivity contribution in [2.45, 2.75) is 46.5 Å². The summed E-state index contributed by atoms with van der Waals surface area (Å²) in [6.45, 7) is 5.19. The minimum atomic E-state index is -0.00824. The molecular formula is C10H18O2. The maximum atomic E-state index is 11.0. The monoisotopic (exact) mass is 170 g/mol. The number of rotatable bonds is 5. The van der Waals surface area contributed by atoms with E-state index in [1.807, 2.05) is 0 Å². The number of ketones is 1. The molecule has 0 saturated carbocycles. The minimum absolute atomic E-state index is 0.00824. The largest absolute Gasteiger partial charge is 0.512 e. The molecule has 0 fully saturated rings. The van der Waals surface area contributed by atoms with Gasteiger partial charge in [-0.15, -0.1) is 0 Å². The number of carbonyl (C=O) groups is 1. The van der Waals surface area contributed by atoms with Gasteiger partial charge in [-0.1, -0.05) is 19.8 Å². The first-order chi connectivity index (χ1) is 5.59. The number of carbonyl (C=O) groups excluding carboxylic acids is 1. The van der Waals surface area contributed by atoms with Crippen LogP contribution in [0, 0.1) is 0 Å². The Labute approximate surface area is 74.3 Å². The average molecular weight is 170 g/mol. The van der Waals surface area contributed by atoms with Crippen LogP contribution in [-0.2, 0) is 4.79 Å². The van der Waals surface area contributed by atoms with E-state index in [9.17, 15) is 4.79 Å². The molecule has 0 aliphatic carbocycles. The highest BCUT2D eigenvalue weighted by atomic mass is 16.3. The number of hydrogen-bond acceptors (Lipinski definition) is 2. The van der Waals surface area contributed by atoms with Gasteiger partial charge in [0.15, 0.2) is 5.78 Å². The summed E-state index contributed by atoms with van der Waals surface area (Å²) in [4.78, 5) is 11.0. The van der Waals surface area contributed by atoms with Gasteiger partial charge >= 0.3 is 0 Å². The van der Waals surface area contributed by atoms with Crippen LogP contribution in [0.2, 0.25) is 0 Å². The van der Waals surface area contributed by atoms with E-state index in [-0.39, 0.29) is 11.5 Å². The van der Waals surface area contributed by atoms with Gasteiger partial charge in [-0.2, -0.15) is 0 Å². The van der Waals surface area contributed by atoms with Gasteiger partial charge in [0, 0.05) is 5.57 Å². The summed E-state index contributed by atoms with van der Waals surface area (Å²) in [7, 11) is 0. The van der Waals surface area contributed by atoms with E-state index in [1.54, 1.807) is 6.92 Å². The van der Waals surface area contributed by atoms with Crippen molar-refractivity contribution in [2.24, 2.45) is 0 Å². The van der Waals surface area contributed by atoms with Crippen LogP contribution in [-0.4, -0.2) is 10.9 Å². The number of hydrogen-bond donors (Lipinski definition) is 1. The molecule has 0 aromatic carbocycles. The van der Waals surface area contributed by atoms with Crippen LogP contribution in [0.25, 0.3) is 0 Å². The SMILES string of the molecule is CCCCC/C(C(C)=O)=C(\C)O. The molecule has 1 N–H and O–H groups in total. The highest BCUT2D eigenvalue weighted by Crippen LogP contribution is 2.12. The van der Waals surface area contributed by atoms with E-state index in [2.05, 4.69) is 6.92 Å². The van der Waals surface area contributed by atoms with Gasteiger partial charge in [-0.25, -0.2) is 0 Å². The van der Waals surface area contributed by atoms with Gasteiger partial charge in [-0.3, -0.25) is 4.79 Å². The predicted octanol–water partition coefficient (Wildman–Crippen LogP) is 2.99. The van der Waals surface area contributed by atoms with Crippen molar-refractivity contribution in [1.82, 2.24) is 0 Å². The van der Waals surface area contributed by atoms with E-state index >= 15 is 0 Å². The number of unbranched alkanes of at least 4 members (excludes halogenated alkanes) is 2. The fourth-order valence-corrected chi connectivity index (χ4v) is 1.16. The second-order valence-electron chi connectivity index (χ2n) is 3.08. The molecule has 0 aliphatic rings. The summed E-state index contributed by atoms with van der Waals surface area (Å²) in [5.41, 5.74) is 0.587. The fourth-order valence-electron chi connectivity index (χ4n) is 1.16. The molecule has 0 bridgehead atoms. The van der Waals surface area contributed by atoms with Crippen molar-refractivity contribution in [3.8, 4) is 0 Å². The molecule has 0 aliphatic heterocycles. The third-order valence-electron chi connectivity index (χ3n) is 1.89. The lowest BCUT2D eigenvalue weighted by molar-refractivity contribution is -0.113. The van der Waals surface area contributed by atoms with E-state index in [1.165, 1.54) is 6.92 Å². The standard InChI is InChI=1S/C10H18O2/c1-4-5-6-7-10(8(2)11)9(3)12/h11H,4-7H2,1-3H3/b10-8-. The molecule has 2 heteroatoms. The number of Topliss-reactive ketones (excluding diaryl/α,β-unsaturated/α-hetero) is 1. The molecule has 0 spiro atoms. The lowest BCUT2D eigenvalue weighted by Crippen LogP contribution is -2.00. The smallest absolute Gasteiger partial charge is 0.159 e. The molecule has 0 aromatic rings. The van der Waals surface area contributed by atoms with E-state index in [0.717, 1.165) is 19.3 Å². The summed E-state index contributed by atoms with van der Waals surface area (Å²) in [5.74, 6) is 0.171. The Morgan fingerprint density at radius 1 is 1.25 bits per heavy atom. The quantitative estimate of drug-likeness (QED) is 0.391. The zero-order valence-electron chi connectivity index (χ0n) is 8.18. The lowest BCUT2D eigenvalue weighted by Gasteiger charge is -2.03. The van der Waals surface area contributed by atoms with Crippen LogP contribution >= 0.6 is 0 Å². The third kappa shape index (κ3) is 4.16. The van der Waals surface area contributed by atoms with Crippen molar-refractivity contribution in [1.29, 1.82) is 0 Å². The first kappa shape index (κ1) is 11.2. The van der Waals surface area contributed by atoms with Crippen LogP contribution in [0.1, 0.15) is 46.5 Å². The zero-order chi connectivity index (χ0) is 9.56. The molecule has 0 rings (SSSR count). The number of aliphatic hydroxyl groups is 1. The Kier molecular flexibility index (Phi) is 5.43. The summed E-state index contributed by atoms with van der Waals surface area (Å²) in [5, 5.41) is 9.14. The van der Waals surface area contributed by atoms with Gasteiger partial charge < -0.3 is 5.11 Å². The second kappa shape index (κ2) is 5.81. The summed E-state index contributed by atoms with van der Waals surface area (Å²) >= 11 is 0. The maximum Gasteiger partial charge on any atom is 0.159 e. The highest BCUT2D eigenvalue weighted by molar-refractivity contribution is 5.93. The fraction of sp³-hybridized carbons (Fsp3) is 0.700. The van der Waals surface area contributed by atoms with Gasteiger partial charge in [0.1, 0.15) is 0 Å². The first-order valence-electron chi connectivity index (χ1n) is 4.49. The first-order valence-corrected chi connectivity index (χ1v) is 4.49. The van der Waals surface area contributed by atoms with Gasteiger partial charge in [-0.05, 0) is 26.7 Å². The van der Waals surface area contributed by atoms with Crippen molar-refractivity contribution >= 4 is 5.78 Å². The highest BCUT2D eigenvalue weighted by Gasteiger charge is 2.06. The Bertz CT molecular complexity index is 176. The topological polar surface area (TPSA) is 37.3 Å². The summed E-state index contributed by atoms with van der Waals surface area (Å²) in [6.07, 6.45) is 3.95. The molecule has 2 nitrogen and oxygen atoms in total. The summed E-state index contributed by atoms with van der Waals surface area (Å²) < 4.78 is 0. The molecule has 0 heterocycles. The molecule has 0 radical (unpaired) electrons. The van der Waals surface area contributed by atoms with Crippen LogP contribution in [0.4, 0.5) is 0 Å². The second-order valence-corrected chi connectivity index (χ2v) is 3.08. The lowest BCUT2D eigenvalue weighted by atomic mass is 10.0. The molecule has 0 aromatic heterocycles. The van der Waals surface area contributed by atoms with Crippen molar-refractivity contribution in [3.05, 3.63) is 11.3 Å². The molecule has 70 valence electrons. The predicted molar refractivity (Wildman–Crippen MR) is 50.2 cm³/mol. The van der Waals surface area contributed by atoms with E-state index in [0.29, 0.717) is 12.0 Å². The van der Waals surface area contributed by atoms with Crippen molar-refractivity contribution in [3.63, 3.8) is 0 Å². The van der Waals surface area contributed by atoms with Crippen LogP contribution in [0.15, 0.2) is 11.3 Å². The van der Waals surface area contributed by atoms with E-state index in [4.69, 9.17) is 5.11 Å². The third-order valence-corrected chi connectivity index (χ3v) is 1.89. The zero-order valence-corrected chi connectivity index (χ0v) is 8.18. The Morgan fingerprint density at radius 3 is 2.17 bits per heavy atom. The average Bonchev–Trinajstić information content (AvgIpc) is 1.96. The van der Waals surface area contributed by atoms with Gasteiger partial charge in [0.2, 0.25) is 0 Å². The van der Waals surface area contributed by atoms with Crippen LogP contribution < -0.4 is 0 Å². The van der Waals surface area contributed by atoms with Crippen LogP contribution in [0.3, 0.4) is 0 Å². The van der Waals surface area contributed by atoms with Gasteiger partial charge in [0.05, 0.1) is 5.76 Å². The van der Waals surface area contributed by atoms with Gasteiger partial charge in [0.25, 0.3) is 0 Å². The molecule has 0 amide bonds. The molecular weight excluding hydrogens is 152 g/mol. The Morgan fingerprint density at radius 2 is 1.83 bits per heavy atom. The van der Waals surface area contributed by atoms with Crippen LogP contribution in [0.5, 0.6) is 0 Å². The summed E-state index contributed by atoms with van der Waals surface area (Å²) in [6, 6.07) is 0. The van der Waals surface area contributed by atoms with Crippen molar-refractivity contribution in [2.75, 3.05) is 0 Å². The Hall–Kier alpha value is -0.790. The minimum Gasteiger partial charge on any atom is -0.512 e. The molecule has 0 unspecified atom stereocenters.